The van der Waals surface area contributed by atoms with E-state index < -0.39 is 0 Å². The molecule has 96 valence electrons. The van der Waals surface area contributed by atoms with Gasteiger partial charge in [0.25, 0.3) is 0 Å². The van der Waals surface area contributed by atoms with Crippen molar-refractivity contribution in [3.63, 3.8) is 0 Å². The highest BCUT2D eigenvalue weighted by molar-refractivity contribution is 5.22. The molecule has 1 N–H and O–H groups in total. The molecule has 0 saturated heterocycles. The second-order valence-corrected chi connectivity index (χ2v) is 3.86. The van der Waals surface area contributed by atoms with Gasteiger partial charge in [0.05, 0.1) is 6.61 Å². The Morgan fingerprint density at radius 3 is 2.88 bits per heavy atom. The maximum Gasteiger partial charge on any atom is 0.134 e. The van der Waals surface area contributed by atoms with Crippen molar-refractivity contribution in [1.82, 2.24) is 5.32 Å². The molecule has 0 aliphatic carbocycles. The van der Waals surface area contributed by atoms with Gasteiger partial charge < -0.3 is 14.8 Å². The average molecular weight is 241 g/mol. The highest BCUT2D eigenvalue weighted by Crippen LogP contribution is 2.13. The minimum Gasteiger partial charge on any atom is -0.487 e. The number of ether oxygens (including phenoxy) is 2. The molecule has 4 heteroatoms. The van der Waals surface area contributed by atoms with E-state index in [2.05, 4.69) is 12.2 Å². The summed E-state index contributed by atoms with van der Waals surface area (Å²) in [6.07, 6.45) is 0.966. The molecule has 0 aliphatic heterocycles. The standard InChI is InChI=1S/C13H20FNO2/c1-3-7-15-9-13(10-16-2)17-12-6-4-5-11(14)8-12/h4-6,8,13,15H,3,7,9-10H2,1-2H3. The van der Waals surface area contributed by atoms with Crippen LogP contribution >= 0.6 is 0 Å². The van der Waals surface area contributed by atoms with Crippen LogP contribution in [0.5, 0.6) is 5.75 Å². The molecular weight excluding hydrogens is 221 g/mol. The molecule has 1 rings (SSSR count). The fourth-order valence-electron chi connectivity index (χ4n) is 1.49. The van der Waals surface area contributed by atoms with E-state index >= 15 is 0 Å². The molecule has 0 bridgehead atoms. The summed E-state index contributed by atoms with van der Waals surface area (Å²) in [5.41, 5.74) is 0. The Labute approximate surface area is 102 Å². The largest absolute Gasteiger partial charge is 0.487 e. The highest BCUT2D eigenvalue weighted by Gasteiger charge is 2.10. The predicted molar refractivity (Wildman–Crippen MR) is 65.9 cm³/mol. The topological polar surface area (TPSA) is 30.5 Å². The van der Waals surface area contributed by atoms with Crippen molar-refractivity contribution in [2.75, 3.05) is 26.8 Å². The van der Waals surface area contributed by atoms with E-state index in [9.17, 15) is 4.39 Å². The molecule has 0 amide bonds. The third kappa shape index (κ3) is 5.65. The minimum absolute atomic E-state index is 0.103. The fraction of sp³-hybridized carbons (Fsp3) is 0.538. The molecule has 0 saturated carbocycles. The number of halogens is 1. The van der Waals surface area contributed by atoms with Gasteiger partial charge in [-0.1, -0.05) is 13.0 Å². The lowest BCUT2D eigenvalue weighted by Crippen LogP contribution is -2.35. The van der Waals surface area contributed by atoms with Crippen molar-refractivity contribution in [2.24, 2.45) is 0 Å². The smallest absolute Gasteiger partial charge is 0.134 e. The number of rotatable bonds is 8. The summed E-state index contributed by atoms with van der Waals surface area (Å²) in [6.45, 7) is 4.21. The van der Waals surface area contributed by atoms with Crippen molar-refractivity contribution in [3.05, 3.63) is 30.1 Å². The Bertz CT molecular complexity index is 320. The number of hydrogen-bond donors (Lipinski definition) is 1. The molecule has 0 aliphatic rings. The van der Waals surface area contributed by atoms with E-state index in [1.807, 2.05) is 0 Å². The van der Waals surface area contributed by atoms with E-state index in [-0.39, 0.29) is 11.9 Å². The van der Waals surface area contributed by atoms with Gasteiger partial charge in [-0.05, 0) is 25.1 Å². The van der Waals surface area contributed by atoms with Gasteiger partial charge in [-0.3, -0.25) is 0 Å². The normalized spacial score (nSPS) is 12.4. The van der Waals surface area contributed by atoms with Crippen LogP contribution in [0, 0.1) is 5.82 Å². The van der Waals surface area contributed by atoms with Gasteiger partial charge >= 0.3 is 0 Å². The minimum atomic E-state index is -0.291. The van der Waals surface area contributed by atoms with Crippen molar-refractivity contribution < 1.29 is 13.9 Å². The molecule has 0 radical (unpaired) electrons. The highest BCUT2D eigenvalue weighted by atomic mass is 19.1. The van der Waals surface area contributed by atoms with Gasteiger partial charge in [0, 0.05) is 19.7 Å². The van der Waals surface area contributed by atoms with Crippen LogP contribution in [-0.2, 0) is 4.74 Å². The molecule has 3 nitrogen and oxygen atoms in total. The van der Waals surface area contributed by atoms with Crippen LogP contribution in [0.4, 0.5) is 4.39 Å². The second kappa shape index (κ2) is 8.03. The average Bonchev–Trinajstić information content (AvgIpc) is 2.29. The zero-order chi connectivity index (χ0) is 12.5. The van der Waals surface area contributed by atoms with Crippen LogP contribution in [0.1, 0.15) is 13.3 Å². The SMILES string of the molecule is CCCNCC(COC)Oc1cccc(F)c1. The van der Waals surface area contributed by atoms with E-state index in [1.165, 1.54) is 12.1 Å². The number of nitrogens with one attached hydrogen (secondary N) is 1. The first-order valence-corrected chi connectivity index (χ1v) is 5.88. The van der Waals surface area contributed by atoms with Crippen molar-refractivity contribution in [2.45, 2.75) is 19.4 Å². The predicted octanol–water partition coefficient (Wildman–Crippen LogP) is 2.22. The van der Waals surface area contributed by atoms with Gasteiger partial charge in [-0.15, -0.1) is 0 Å². The maximum atomic E-state index is 13.0. The van der Waals surface area contributed by atoms with Gasteiger partial charge in [0.1, 0.15) is 17.7 Å². The van der Waals surface area contributed by atoms with Gasteiger partial charge in [-0.2, -0.15) is 0 Å². The van der Waals surface area contributed by atoms with Crippen LogP contribution in [0.25, 0.3) is 0 Å². The molecule has 1 unspecified atom stereocenters. The van der Waals surface area contributed by atoms with Gasteiger partial charge in [0.15, 0.2) is 0 Å². The molecule has 1 aromatic carbocycles. The van der Waals surface area contributed by atoms with Crippen LogP contribution in [0.2, 0.25) is 0 Å². The summed E-state index contributed by atoms with van der Waals surface area (Å²) in [4.78, 5) is 0. The van der Waals surface area contributed by atoms with E-state index in [0.717, 1.165) is 13.0 Å². The molecule has 0 aromatic heterocycles. The van der Waals surface area contributed by atoms with Crippen molar-refractivity contribution in [1.29, 1.82) is 0 Å². The van der Waals surface area contributed by atoms with E-state index in [4.69, 9.17) is 9.47 Å². The second-order valence-electron chi connectivity index (χ2n) is 3.86. The third-order valence-corrected chi connectivity index (χ3v) is 2.25. The van der Waals surface area contributed by atoms with E-state index in [1.54, 1.807) is 19.2 Å². The fourth-order valence-corrected chi connectivity index (χ4v) is 1.49. The molecule has 0 heterocycles. The zero-order valence-electron chi connectivity index (χ0n) is 10.4. The quantitative estimate of drug-likeness (QED) is 0.708. The third-order valence-electron chi connectivity index (χ3n) is 2.25. The summed E-state index contributed by atoms with van der Waals surface area (Å²) in [7, 11) is 1.63. The number of hydrogen-bond acceptors (Lipinski definition) is 3. The molecule has 0 fully saturated rings. The Morgan fingerprint density at radius 1 is 1.41 bits per heavy atom. The van der Waals surface area contributed by atoms with Crippen LogP contribution < -0.4 is 10.1 Å². The zero-order valence-corrected chi connectivity index (χ0v) is 10.4. The van der Waals surface area contributed by atoms with Crippen LogP contribution in [0.15, 0.2) is 24.3 Å². The monoisotopic (exact) mass is 241 g/mol. The molecule has 17 heavy (non-hydrogen) atoms. The summed E-state index contributed by atoms with van der Waals surface area (Å²) >= 11 is 0. The summed E-state index contributed by atoms with van der Waals surface area (Å²) < 4.78 is 23.7. The lowest BCUT2D eigenvalue weighted by atomic mass is 10.3. The van der Waals surface area contributed by atoms with Crippen LogP contribution in [-0.4, -0.2) is 32.9 Å². The maximum absolute atomic E-state index is 13.0. The lowest BCUT2D eigenvalue weighted by molar-refractivity contribution is 0.0805. The summed E-state index contributed by atoms with van der Waals surface area (Å²) in [5, 5.41) is 3.26. The molecule has 1 atom stereocenters. The Morgan fingerprint density at radius 2 is 2.24 bits per heavy atom. The summed E-state index contributed by atoms with van der Waals surface area (Å²) in [5.74, 6) is 0.241. The lowest BCUT2D eigenvalue weighted by Gasteiger charge is -2.18. The van der Waals surface area contributed by atoms with Crippen molar-refractivity contribution in [3.8, 4) is 5.75 Å². The Hall–Kier alpha value is -1.13. The van der Waals surface area contributed by atoms with Crippen LogP contribution in [0.3, 0.4) is 0 Å². The van der Waals surface area contributed by atoms with Gasteiger partial charge in [0.2, 0.25) is 0 Å². The molecule has 0 spiro atoms. The number of benzene rings is 1. The Balaban J connectivity index is 2.47. The molecular formula is C13H20FNO2. The van der Waals surface area contributed by atoms with Crippen molar-refractivity contribution >= 4 is 0 Å². The van der Waals surface area contributed by atoms with Gasteiger partial charge in [-0.25, -0.2) is 4.39 Å². The Kier molecular flexibility index (Phi) is 6.58. The first-order valence-electron chi connectivity index (χ1n) is 5.88. The first-order chi connectivity index (χ1) is 8.26. The molecule has 1 aromatic rings. The number of methoxy groups -OCH3 is 1. The summed E-state index contributed by atoms with van der Waals surface area (Å²) in [6, 6.07) is 6.15. The first kappa shape index (κ1) is 13.9. The van der Waals surface area contributed by atoms with E-state index in [0.29, 0.717) is 18.9 Å².